The Bertz CT molecular complexity index is 1050. The number of nitrogens with zero attached hydrogens (tertiary/aromatic N) is 1. The van der Waals surface area contributed by atoms with Crippen molar-refractivity contribution in [3.05, 3.63) is 65.4 Å². The molecule has 2 N–H and O–H groups in total. The number of fused-ring (bicyclic) bond motifs is 2. The van der Waals surface area contributed by atoms with Gasteiger partial charge in [0.2, 0.25) is 0 Å². The number of hydrogen-bond donors (Lipinski definition) is 2. The van der Waals surface area contributed by atoms with E-state index in [1.165, 1.54) is 5.56 Å². The fourth-order valence-electron chi connectivity index (χ4n) is 3.78. The Morgan fingerprint density at radius 2 is 1.88 bits per heavy atom. The predicted molar refractivity (Wildman–Crippen MR) is 104 cm³/mol. The lowest BCUT2D eigenvalue weighted by atomic mass is 10.0. The van der Waals surface area contributed by atoms with Crippen LogP contribution in [0.1, 0.15) is 22.1 Å². The van der Waals surface area contributed by atoms with E-state index in [9.17, 15) is 8.42 Å². The van der Waals surface area contributed by atoms with Gasteiger partial charge in [0.05, 0.1) is 4.90 Å². The minimum absolute atomic E-state index is 0.379. The first-order valence-corrected chi connectivity index (χ1v) is 10.3. The van der Waals surface area contributed by atoms with Gasteiger partial charge < -0.3 is 10.3 Å². The molecule has 136 valence electrons. The SMILES string of the molecule is CN(C)C(c1c[nH]c2ccccc12)S(=O)(=O)c1ccc2c(c1)CNCC2. The number of para-hydroxylation sites is 1. The van der Waals surface area contributed by atoms with E-state index in [0.717, 1.165) is 41.5 Å². The lowest BCUT2D eigenvalue weighted by Crippen LogP contribution is -2.29. The number of benzene rings is 2. The van der Waals surface area contributed by atoms with Gasteiger partial charge in [0, 0.05) is 29.2 Å². The normalized spacial score (nSPS) is 16.0. The Morgan fingerprint density at radius 1 is 1.08 bits per heavy atom. The number of aromatic nitrogens is 1. The van der Waals surface area contributed by atoms with Gasteiger partial charge in [0.25, 0.3) is 0 Å². The molecule has 1 aliphatic heterocycles. The minimum atomic E-state index is -3.57. The van der Waals surface area contributed by atoms with Crippen molar-refractivity contribution in [3.8, 4) is 0 Å². The highest BCUT2D eigenvalue weighted by atomic mass is 32.2. The molecule has 4 rings (SSSR count). The maximum Gasteiger partial charge on any atom is 0.198 e. The first-order valence-electron chi connectivity index (χ1n) is 8.77. The van der Waals surface area contributed by atoms with Crippen LogP contribution in [0.15, 0.2) is 53.6 Å². The molecule has 6 heteroatoms. The molecule has 1 unspecified atom stereocenters. The lowest BCUT2D eigenvalue weighted by Gasteiger charge is -2.25. The Hall–Kier alpha value is -2.15. The molecule has 1 atom stereocenters. The van der Waals surface area contributed by atoms with E-state index in [2.05, 4.69) is 10.3 Å². The maximum atomic E-state index is 13.5. The molecule has 0 amide bonds. The molecular formula is C20H23N3O2S. The van der Waals surface area contributed by atoms with Crippen molar-refractivity contribution in [2.24, 2.45) is 0 Å². The Kier molecular flexibility index (Phi) is 4.34. The van der Waals surface area contributed by atoms with Crippen LogP contribution in [0, 0.1) is 0 Å². The highest BCUT2D eigenvalue weighted by Gasteiger charge is 2.33. The zero-order valence-electron chi connectivity index (χ0n) is 15.0. The predicted octanol–water partition coefficient (Wildman–Crippen LogP) is 2.85. The fraction of sp³-hybridized carbons (Fsp3) is 0.300. The molecular weight excluding hydrogens is 346 g/mol. The summed E-state index contributed by atoms with van der Waals surface area (Å²) in [5.41, 5.74) is 4.03. The van der Waals surface area contributed by atoms with Gasteiger partial charge >= 0.3 is 0 Å². The highest BCUT2D eigenvalue weighted by molar-refractivity contribution is 7.91. The van der Waals surface area contributed by atoms with Gasteiger partial charge in [0.15, 0.2) is 9.84 Å². The van der Waals surface area contributed by atoms with Crippen LogP contribution in [-0.4, -0.2) is 38.9 Å². The number of H-pyrrole nitrogens is 1. The average Bonchev–Trinajstić information content (AvgIpc) is 3.04. The summed E-state index contributed by atoms with van der Waals surface area (Å²) in [6.07, 6.45) is 2.75. The summed E-state index contributed by atoms with van der Waals surface area (Å²) in [6, 6.07) is 13.4. The molecule has 0 spiro atoms. The smallest absolute Gasteiger partial charge is 0.198 e. The Balaban J connectivity index is 1.84. The maximum absolute atomic E-state index is 13.5. The van der Waals surface area contributed by atoms with Gasteiger partial charge in [-0.2, -0.15) is 0 Å². The van der Waals surface area contributed by atoms with Crippen LogP contribution >= 0.6 is 0 Å². The zero-order valence-corrected chi connectivity index (χ0v) is 15.8. The molecule has 0 saturated heterocycles. The van der Waals surface area contributed by atoms with Gasteiger partial charge in [-0.3, -0.25) is 4.90 Å². The van der Waals surface area contributed by atoms with Crippen molar-refractivity contribution in [2.75, 3.05) is 20.6 Å². The summed E-state index contributed by atoms with van der Waals surface area (Å²) in [5, 5.41) is 3.51. The third kappa shape index (κ3) is 2.84. The van der Waals surface area contributed by atoms with Crippen LogP contribution in [0.5, 0.6) is 0 Å². The second kappa shape index (κ2) is 6.54. The van der Waals surface area contributed by atoms with Crippen LogP contribution in [-0.2, 0) is 22.8 Å². The quantitative estimate of drug-likeness (QED) is 0.742. The van der Waals surface area contributed by atoms with Crippen LogP contribution in [0.2, 0.25) is 0 Å². The van der Waals surface area contributed by atoms with E-state index in [-0.39, 0.29) is 0 Å². The van der Waals surface area contributed by atoms with E-state index >= 15 is 0 Å². The van der Waals surface area contributed by atoms with Crippen molar-refractivity contribution in [1.82, 2.24) is 15.2 Å². The summed E-state index contributed by atoms with van der Waals surface area (Å²) < 4.78 is 27.1. The minimum Gasteiger partial charge on any atom is -0.361 e. The van der Waals surface area contributed by atoms with Crippen LogP contribution in [0.3, 0.4) is 0 Å². The molecule has 0 bridgehead atoms. The van der Waals surface area contributed by atoms with Crippen molar-refractivity contribution < 1.29 is 8.42 Å². The fourth-order valence-corrected chi connectivity index (χ4v) is 5.69. The number of nitrogens with one attached hydrogen (secondary N) is 2. The first kappa shape index (κ1) is 17.3. The molecule has 0 aliphatic carbocycles. The molecule has 3 aromatic rings. The summed E-state index contributed by atoms with van der Waals surface area (Å²) >= 11 is 0. The van der Waals surface area contributed by atoms with E-state index in [0.29, 0.717) is 4.90 Å². The molecule has 1 aliphatic rings. The van der Waals surface area contributed by atoms with Crippen LogP contribution in [0.25, 0.3) is 10.9 Å². The standard InChI is InChI=1S/C20H23N3O2S/c1-23(2)20(18-13-22-19-6-4-3-5-17(18)19)26(24,25)16-8-7-14-9-10-21-12-15(14)11-16/h3-8,11,13,20-22H,9-10,12H2,1-2H3. The summed E-state index contributed by atoms with van der Waals surface area (Å²) in [6.45, 7) is 1.66. The number of aromatic amines is 1. The second-order valence-electron chi connectivity index (χ2n) is 7.01. The molecule has 1 aromatic heterocycles. The molecule has 5 nitrogen and oxygen atoms in total. The Morgan fingerprint density at radius 3 is 2.69 bits per heavy atom. The molecule has 2 heterocycles. The molecule has 0 saturated carbocycles. The number of hydrogen-bond acceptors (Lipinski definition) is 4. The average molecular weight is 369 g/mol. The van der Waals surface area contributed by atoms with E-state index in [1.807, 2.05) is 56.7 Å². The van der Waals surface area contributed by atoms with Gasteiger partial charge in [-0.15, -0.1) is 0 Å². The third-order valence-electron chi connectivity index (χ3n) is 5.04. The highest BCUT2D eigenvalue weighted by Crippen LogP contribution is 2.35. The number of sulfone groups is 1. The summed E-state index contributed by atoms with van der Waals surface area (Å²) in [5.74, 6) is 0. The van der Waals surface area contributed by atoms with Gasteiger partial charge in [-0.1, -0.05) is 24.3 Å². The van der Waals surface area contributed by atoms with Crippen LogP contribution < -0.4 is 5.32 Å². The largest absolute Gasteiger partial charge is 0.361 e. The second-order valence-corrected chi connectivity index (χ2v) is 9.02. The van der Waals surface area contributed by atoms with Crippen LogP contribution in [0.4, 0.5) is 0 Å². The van der Waals surface area contributed by atoms with Crippen molar-refractivity contribution in [2.45, 2.75) is 23.2 Å². The van der Waals surface area contributed by atoms with Gasteiger partial charge in [0.1, 0.15) is 5.37 Å². The summed E-state index contributed by atoms with van der Waals surface area (Å²) in [7, 11) is 0.0489. The van der Waals surface area contributed by atoms with E-state index in [1.54, 1.807) is 11.0 Å². The third-order valence-corrected chi connectivity index (χ3v) is 7.22. The number of rotatable bonds is 4. The topological polar surface area (TPSA) is 65.2 Å². The van der Waals surface area contributed by atoms with Crippen molar-refractivity contribution in [1.29, 1.82) is 0 Å². The van der Waals surface area contributed by atoms with Gasteiger partial charge in [-0.05, 0) is 56.4 Å². The van der Waals surface area contributed by atoms with Crippen molar-refractivity contribution >= 4 is 20.7 Å². The van der Waals surface area contributed by atoms with E-state index < -0.39 is 15.2 Å². The monoisotopic (exact) mass is 369 g/mol. The molecule has 2 aromatic carbocycles. The van der Waals surface area contributed by atoms with E-state index in [4.69, 9.17) is 0 Å². The zero-order chi connectivity index (χ0) is 18.3. The first-order chi connectivity index (χ1) is 12.5. The molecule has 0 radical (unpaired) electrons. The summed E-state index contributed by atoms with van der Waals surface area (Å²) in [4.78, 5) is 5.34. The van der Waals surface area contributed by atoms with Gasteiger partial charge in [-0.25, -0.2) is 8.42 Å². The molecule has 0 fully saturated rings. The van der Waals surface area contributed by atoms with Crippen molar-refractivity contribution in [3.63, 3.8) is 0 Å². The Labute approximate surface area is 153 Å². The lowest BCUT2D eigenvalue weighted by molar-refractivity contribution is 0.372. The molecule has 26 heavy (non-hydrogen) atoms.